The first kappa shape index (κ1) is 13.5. The van der Waals surface area contributed by atoms with Crippen molar-refractivity contribution < 1.29 is 4.79 Å². The highest BCUT2D eigenvalue weighted by atomic mass is 16.1. The van der Waals surface area contributed by atoms with Crippen molar-refractivity contribution in [2.75, 3.05) is 13.1 Å². The highest BCUT2D eigenvalue weighted by Gasteiger charge is 2.37. The predicted molar refractivity (Wildman–Crippen MR) is 67.0 cm³/mol. The SMILES string of the molecule is CC(C)CC1(CNC(=O)CCCN)CCC1. The molecule has 0 aromatic carbocycles. The topological polar surface area (TPSA) is 55.1 Å². The summed E-state index contributed by atoms with van der Waals surface area (Å²) >= 11 is 0. The van der Waals surface area contributed by atoms with Gasteiger partial charge >= 0.3 is 0 Å². The minimum Gasteiger partial charge on any atom is -0.356 e. The molecule has 1 rings (SSSR count). The summed E-state index contributed by atoms with van der Waals surface area (Å²) in [5.41, 5.74) is 5.79. The van der Waals surface area contributed by atoms with Gasteiger partial charge in [-0.2, -0.15) is 0 Å². The molecule has 0 saturated heterocycles. The highest BCUT2D eigenvalue weighted by Crippen LogP contribution is 2.45. The number of rotatable bonds is 7. The van der Waals surface area contributed by atoms with Gasteiger partial charge in [0.2, 0.25) is 5.91 Å². The van der Waals surface area contributed by atoms with Gasteiger partial charge in [0.1, 0.15) is 0 Å². The second-order valence-corrected chi connectivity index (χ2v) is 5.62. The lowest BCUT2D eigenvalue weighted by molar-refractivity contribution is -0.122. The summed E-state index contributed by atoms with van der Waals surface area (Å²) in [4.78, 5) is 11.5. The Labute approximate surface area is 99.2 Å². The zero-order valence-corrected chi connectivity index (χ0v) is 10.7. The van der Waals surface area contributed by atoms with Gasteiger partial charge in [0.25, 0.3) is 0 Å². The number of carbonyl (C=O) groups excluding carboxylic acids is 1. The minimum atomic E-state index is 0.167. The Hall–Kier alpha value is -0.570. The van der Waals surface area contributed by atoms with E-state index >= 15 is 0 Å². The van der Waals surface area contributed by atoms with E-state index in [0.717, 1.165) is 18.9 Å². The first-order valence-electron chi connectivity index (χ1n) is 6.55. The Balaban J connectivity index is 2.26. The Kier molecular flexibility index (Phi) is 5.26. The molecule has 0 unspecified atom stereocenters. The van der Waals surface area contributed by atoms with E-state index in [4.69, 9.17) is 5.73 Å². The van der Waals surface area contributed by atoms with E-state index in [2.05, 4.69) is 19.2 Å². The van der Waals surface area contributed by atoms with Crippen LogP contribution in [0.2, 0.25) is 0 Å². The van der Waals surface area contributed by atoms with Crippen molar-refractivity contribution in [3.05, 3.63) is 0 Å². The highest BCUT2D eigenvalue weighted by molar-refractivity contribution is 5.75. The van der Waals surface area contributed by atoms with Crippen LogP contribution in [0.15, 0.2) is 0 Å². The summed E-state index contributed by atoms with van der Waals surface area (Å²) in [6.07, 6.45) is 6.50. The van der Waals surface area contributed by atoms with Crippen molar-refractivity contribution in [2.45, 2.75) is 52.4 Å². The molecule has 16 heavy (non-hydrogen) atoms. The van der Waals surface area contributed by atoms with E-state index in [1.165, 1.54) is 25.7 Å². The van der Waals surface area contributed by atoms with Crippen molar-refractivity contribution in [1.29, 1.82) is 0 Å². The van der Waals surface area contributed by atoms with E-state index < -0.39 is 0 Å². The molecule has 1 aliphatic rings. The van der Waals surface area contributed by atoms with Crippen molar-refractivity contribution in [2.24, 2.45) is 17.1 Å². The lowest BCUT2D eigenvalue weighted by atomic mass is 9.64. The van der Waals surface area contributed by atoms with Crippen LogP contribution in [-0.2, 0) is 4.79 Å². The molecular formula is C13H26N2O. The van der Waals surface area contributed by atoms with Crippen LogP contribution < -0.4 is 11.1 Å². The molecule has 0 aromatic heterocycles. The third-order valence-electron chi connectivity index (χ3n) is 3.52. The first-order chi connectivity index (χ1) is 7.58. The summed E-state index contributed by atoms with van der Waals surface area (Å²) in [6, 6.07) is 0. The maximum atomic E-state index is 11.5. The Morgan fingerprint density at radius 2 is 2.12 bits per heavy atom. The Morgan fingerprint density at radius 3 is 2.56 bits per heavy atom. The number of nitrogens with two attached hydrogens (primary N) is 1. The zero-order chi connectivity index (χ0) is 12.0. The summed E-state index contributed by atoms with van der Waals surface area (Å²) < 4.78 is 0. The molecule has 0 spiro atoms. The van der Waals surface area contributed by atoms with E-state index in [9.17, 15) is 4.79 Å². The van der Waals surface area contributed by atoms with Gasteiger partial charge in [-0.3, -0.25) is 4.79 Å². The van der Waals surface area contributed by atoms with Crippen LogP contribution in [0.1, 0.15) is 52.4 Å². The Bertz CT molecular complexity index is 222. The molecule has 3 N–H and O–H groups in total. The first-order valence-corrected chi connectivity index (χ1v) is 6.55. The Morgan fingerprint density at radius 1 is 1.44 bits per heavy atom. The van der Waals surface area contributed by atoms with Crippen LogP contribution in [0.25, 0.3) is 0 Å². The molecule has 1 aliphatic carbocycles. The molecule has 0 heterocycles. The lowest BCUT2D eigenvalue weighted by Crippen LogP contribution is -2.43. The summed E-state index contributed by atoms with van der Waals surface area (Å²) in [6.45, 7) is 5.99. The molecule has 3 heteroatoms. The second kappa shape index (κ2) is 6.24. The van der Waals surface area contributed by atoms with Crippen LogP contribution in [0.5, 0.6) is 0 Å². The van der Waals surface area contributed by atoms with Gasteiger partial charge in [0.05, 0.1) is 0 Å². The maximum absolute atomic E-state index is 11.5. The largest absolute Gasteiger partial charge is 0.356 e. The van der Waals surface area contributed by atoms with Crippen molar-refractivity contribution in [1.82, 2.24) is 5.32 Å². The maximum Gasteiger partial charge on any atom is 0.220 e. The fourth-order valence-corrected chi connectivity index (χ4v) is 2.63. The van der Waals surface area contributed by atoms with Gasteiger partial charge in [-0.25, -0.2) is 0 Å². The van der Waals surface area contributed by atoms with Gasteiger partial charge in [-0.15, -0.1) is 0 Å². The monoisotopic (exact) mass is 226 g/mol. The van der Waals surface area contributed by atoms with E-state index in [-0.39, 0.29) is 5.91 Å². The molecule has 0 aliphatic heterocycles. The number of carbonyl (C=O) groups is 1. The fourth-order valence-electron chi connectivity index (χ4n) is 2.63. The molecule has 3 nitrogen and oxygen atoms in total. The standard InChI is InChI=1S/C13H26N2O/c1-11(2)9-13(6-4-7-13)10-15-12(16)5-3-8-14/h11H,3-10,14H2,1-2H3,(H,15,16). The van der Waals surface area contributed by atoms with E-state index in [1.807, 2.05) is 0 Å². The average molecular weight is 226 g/mol. The summed E-state index contributed by atoms with van der Waals surface area (Å²) in [7, 11) is 0. The van der Waals surface area contributed by atoms with Crippen molar-refractivity contribution in [3.63, 3.8) is 0 Å². The molecule has 1 amide bonds. The summed E-state index contributed by atoms with van der Waals surface area (Å²) in [5.74, 6) is 0.890. The number of nitrogens with one attached hydrogen (secondary N) is 1. The molecule has 0 radical (unpaired) electrons. The minimum absolute atomic E-state index is 0.167. The third kappa shape index (κ3) is 4.12. The van der Waals surface area contributed by atoms with Gasteiger partial charge in [0.15, 0.2) is 0 Å². The number of hydrogen-bond donors (Lipinski definition) is 2. The van der Waals surface area contributed by atoms with Crippen LogP contribution in [-0.4, -0.2) is 19.0 Å². The molecular weight excluding hydrogens is 200 g/mol. The van der Waals surface area contributed by atoms with Gasteiger partial charge < -0.3 is 11.1 Å². The number of amides is 1. The zero-order valence-electron chi connectivity index (χ0n) is 10.7. The fraction of sp³-hybridized carbons (Fsp3) is 0.923. The molecule has 0 atom stereocenters. The van der Waals surface area contributed by atoms with Crippen molar-refractivity contribution >= 4 is 5.91 Å². The van der Waals surface area contributed by atoms with E-state index in [1.54, 1.807) is 0 Å². The molecule has 1 saturated carbocycles. The summed E-state index contributed by atoms with van der Waals surface area (Å²) in [5, 5.41) is 3.07. The second-order valence-electron chi connectivity index (χ2n) is 5.62. The average Bonchev–Trinajstić information content (AvgIpc) is 2.18. The van der Waals surface area contributed by atoms with Gasteiger partial charge in [-0.1, -0.05) is 20.3 Å². The van der Waals surface area contributed by atoms with Crippen LogP contribution >= 0.6 is 0 Å². The van der Waals surface area contributed by atoms with Gasteiger partial charge in [-0.05, 0) is 43.6 Å². The van der Waals surface area contributed by atoms with Gasteiger partial charge in [0, 0.05) is 13.0 Å². The van der Waals surface area contributed by atoms with E-state index in [0.29, 0.717) is 18.4 Å². The lowest BCUT2D eigenvalue weighted by Gasteiger charge is -2.43. The molecule has 0 aromatic rings. The molecule has 0 bridgehead atoms. The smallest absolute Gasteiger partial charge is 0.220 e. The van der Waals surface area contributed by atoms with Crippen LogP contribution in [0.3, 0.4) is 0 Å². The predicted octanol–water partition coefficient (Wildman–Crippen LogP) is 2.06. The van der Waals surface area contributed by atoms with Crippen LogP contribution in [0.4, 0.5) is 0 Å². The van der Waals surface area contributed by atoms with Crippen LogP contribution in [0, 0.1) is 11.3 Å². The van der Waals surface area contributed by atoms with Crippen molar-refractivity contribution in [3.8, 4) is 0 Å². The third-order valence-corrected chi connectivity index (χ3v) is 3.52. The molecule has 94 valence electrons. The quantitative estimate of drug-likeness (QED) is 0.698. The normalized spacial score (nSPS) is 18.2. The number of hydrogen-bond acceptors (Lipinski definition) is 2. The molecule has 1 fully saturated rings.